The van der Waals surface area contributed by atoms with Gasteiger partial charge in [0.1, 0.15) is 0 Å². The summed E-state index contributed by atoms with van der Waals surface area (Å²) < 4.78 is 0. The van der Waals surface area contributed by atoms with Crippen molar-refractivity contribution < 1.29 is 2.85 Å². The van der Waals surface area contributed by atoms with Gasteiger partial charge in [0.2, 0.25) is 0 Å². The van der Waals surface area contributed by atoms with Crippen LogP contribution >= 0.6 is 0 Å². The van der Waals surface area contributed by atoms with Gasteiger partial charge in [-0.25, -0.2) is 0 Å². The molecule has 18 heavy (non-hydrogen) atoms. The van der Waals surface area contributed by atoms with Crippen LogP contribution in [-0.2, 0) is 0 Å². The molecule has 0 amide bonds. The Morgan fingerprint density at radius 2 is 0.667 bits per heavy atom. The zero-order valence-corrected chi connectivity index (χ0v) is 16.6. The normalized spacial score (nSPS) is 10.4. The van der Waals surface area contributed by atoms with E-state index in [0.717, 1.165) is 54.1 Å². The van der Waals surface area contributed by atoms with Crippen LogP contribution in [0.5, 0.6) is 0 Å². The zero-order chi connectivity index (χ0) is 14.6. The molecule has 0 aliphatic heterocycles. The Bertz CT molecular complexity index is 127. The maximum atomic E-state index is 2.31. The van der Waals surface area contributed by atoms with Crippen LogP contribution in [0.3, 0.4) is 0 Å². The molecule has 0 heterocycles. The predicted octanol–water partition coefficient (Wildman–Crippen LogP) is 5.90. The molecule has 0 aliphatic rings. The van der Waals surface area contributed by atoms with Gasteiger partial charge in [-0.15, -0.1) is 0 Å². The molecule has 2 heteroatoms. The van der Waals surface area contributed by atoms with E-state index in [9.17, 15) is 0 Å². The van der Waals surface area contributed by atoms with Crippen LogP contribution in [0.1, 0.15) is 58.2 Å². The second-order valence-corrected chi connectivity index (χ2v) is 10.1. The Morgan fingerprint density at radius 3 is 0.778 bits per heavy atom. The third-order valence-corrected chi connectivity index (χ3v) is 7.66. The standard InChI is InChI=1S/4C4H9.2Al.2H/c4*1-4(2)3;;;;/h4*4H,1H2,2-3H3;;;;/q;;;;2*+1;2*-1. The van der Waals surface area contributed by atoms with E-state index >= 15 is 0 Å². The van der Waals surface area contributed by atoms with E-state index in [1.54, 1.807) is 0 Å². The molecule has 0 atom stereocenters. The van der Waals surface area contributed by atoms with Crippen molar-refractivity contribution in [2.45, 2.75) is 76.5 Å². The minimum atomic E-state index is 0. The molecule has 0 nitrogen and oxygen atoms in total. The maximum absolute atomic E-state index is 2.31. The van der Waals surface area contributed by atoms with E-state index < -0.39 is 0 Å². The third kappa shape index (κ3) is 25.8. The van der Waals surface area contributed by atoms with Crippen LogP contribution in [0.25, 0.3) is 0 Å². The Balaban J connectivity index is -0.000000116. The van der Waals surface area contributed by atoms with Crippen molar-refractivity contribution in [3.05, 3.63) is 0 Å². The Hall–Kier alpha value is 1.06. The largest absolute Gasteiger partial charge is 1.00 e. The van der Waals surface area contributed by atoms with Crippen LogP contribution < -0.4 is 0 Å². The molecule has 0 radical (unpaired) electrons. The first kappa shape index (κ1) is 21.4. The summed E-state index contributed by atoms with van der Waals surface area (Å²) in [5, 5.41) is 5.94. The number of hydrogen-bond donors (Lipinski definition) is 0. The van der Waals surface area contributed by atoms with E-state index in [1.165, 1.54) is 21.1 Å². The molecular weight excluding hydrogens is 246 g/mol. The summed E-state index contributed by atoms with van der Waals surface area (Å²) in [5.74, 6) is 3.72. The molecule has 0 aromatic rings. The van der Waals surface area contributed by atoms with Gasteiger partial charge in [0, 0.05) is 0 Å². The van der Waals surface area contributed by atoms with Gasteiger partial charge in [-0.2, -0.15) is 0 Å². The SMILES string of the molecule is CC(C)[CH2][Al+][CH2]C(C)C.CC(C)[CH2][Al+][CH2]C(C)C.[H-].[H-]. The van der Waals surface area contributed by atoms with E-state index in [0.29, 0.717) is 0 Å². The van der Waals surface area contributed by atoms with Crippen molar-refractivity contribution in [3.63, 3.8) is 0 Å². The van der Waals surface area contributed by atoms with Crippen LogP contribution in [0.2, 0.25) is 21.1 Å². The second kappa shape index (κ2) is 14.5. The fraction of sp³-hybridized carbons (Fsp3) is 1.00. The quantitative estimate of drug-likeness (QED) is 0.486. The van der Waals surface area contributed by atoms with Gasteiger partial charge < -0.3 is 2.85 Å². The molecule has 0 aromatic carbocycles. The average molecular weight is 284 g/mol. The molecule has 0 saturated carbocycles. The van der Waals surface area contributed by atoms with Gasteiger partial charge in [-0.05, 0) is 0 Å². The van der Waals surface area contributed by atoms with Crippen LogP contribution in [0.15, 0.2) is 0 Å². The van der Waals surface area contributed by atoms with Crippen LogP contribution in [0.4, 0.5) is 0 Å². The minimum Gasteiger partial charge on any atom is -1.00 e. The molecule has 0 fully saturated rings. The van der Waals surface area contributed by atoms with Crippen molar-refractivity contribution in [3.8, 4) is 0 Å². The predicted molar refractivity (Wildman–Crippen MR) is 92.3 cm³/mol. The minimum absolute atomic E-state index is 0. The third-order valence-electron chi connectivity index (χ3n) is 2.55. The van der Waals surface area contributed by atoms with Gasteiger partial charge >= 0.3 is 131 Å². The van der Waals surface area contributed by atoms with Gasteiger partial charge in [0.15, 0.2) is 0 Å². The topological polar surface area (TPSA) is 0 Å². The van der Waals surface area contributed by atoms with Crippen molar-refractivity contribution in [1.29, 1.82) is 0 Å². The van der Waals surface area contributed by atoms with E-state index in [-0.39, 0.29) is 2.85 Å². The summed E-state index contributed by atoms with van der Waals surface area (Å²) in [4.78, 5) is 0. The molecule has 0 bridgehead atoms. The van der Waals surface area contributed by atoms with E-state index in [4.69, 9.17) is 0 Å². The molecule has 108 valence electrons. The Morgan fingerprint density at radius 1 is 0.500 bits per heavy atom. The van der Waals surface area contributed by atoms with Gasteiger partial charge in [0.25, 0.3) is 0 Å². The zero-order valence-electron chi connectivity index (χ0n) is 16.3. The molecule has 0 N–H and O–H groups in total. The fourth-order valence-corrected chi connectivity index (χ4v) is 4.58. The van der Waals surface area contributed by atoms with Crippen molar-refractivity contribution in [2.24, 2.45) is 23.7 Å². The van der Waals surface area contributed by atoms with Crippen LogP contribution in [0, 0.1) is 23.7 Å². The second-order valence-electron chi connectivity index (χ2n) is 7.10. The molecule has 0 aliphatic carbocycles. The monoisotopic (exact) mass is 284 g/mol. The van der Waals surface area contributed by atoms with Crippen molar-refractivity contribution in [2.75, 3.05) is 0 Å². The summed E-state index contributed by atoms with van der Waals surface area (Å²) in [6.07, 6.45) is 0. The van der Waals surface area contributed by atoms with Crippen molar-refractivity contribution >= 4 is 30.4 Å². The molecule has 0 rings (SSSR count). The summed E-state index contributed by atoms with van der Waals surface area (Å²) in [6.45, 7) is 18.5. The van der Waals surface area contributed by atoms with Crippen LogP contribution in [-0.4, -0.2) is 30.4 Å². The summed E-state index contributed by atoms with van der Waals surface area (Å²) >= 11 is 1.51. The summed E-state index contributed by atoms with van der Waals surface area (Å²) in [6, 6.07) is 0. The Kier molecular flexibility index (Phi) is 17.2. The van der Waals surface area contributed by atoms with Gasteiger partial charge in [-0.3, -0.25) is 0 Å². The van der Waals surface area contributed by atoms with Gasteiger partial charge in [-0.1, -0.05) is 0 Å². The number of rotatable bonds is 8. The molecule has 0 spiro atoms. The van der Waals surface area contributed by atoms with E-state index in [1.807, 2.05) is 0 Å². The molecular formula is C16H38Al2. The first-order valence-corrected chi connectivity index (χ1v) is 11.2. The fourth-order valence-electron chi connectivity index (χ4n) is 1.53. The summed E-state index contributed by atoms with van der Waals surface area (Å²) in [5.41, 5.74) is 0. The molecule has 0 unspecified atom stereocenters. The van der Waals surface area contributed by atoms with Gasteiger partial charge in [0.05, 0.1) is 0 Å². The number of hydrogen-bond acceptors (Lipinski definition) is 0. The summed E-state index contributed by atoms with van der Waals surface area (Å²) in [7, 11) is 0. The Labute approximate surface area is 133 Å². The van der Waals surface area contributed by atoms with E-state index in [2.05, 4.69) is 55.4 Å². The smallest absolute Gasteiger partial charge is 1.00 e. The molecule has 0 saturated heterocycles. The molecule has 0 aromatic heterocycles. The maximum Gasteiger partial charge on any atom is -1.00 e. The average Bonchev–Trinajstić information content (AvgIpc) is 2.15. The van der Waals surface area contributed by atoms with Crippen molar-refractivity contribution in [1.82, 2.24) is 0 Å². The first-order chi connectivity index (χ1) is 8.25. The first-order valence-electron chi connectivity index (χ1n) is 7.88.